The first-order valence-electron chi connectivity index (χ1n) is 11.8. The zero-order valence-electron chi connectivity index (χ0n) is 22.4. The molecule has 16 heteroatoms. The molecule has 1 saturated heterocycles. The van der Waals surface area contributed by atoms with E-state index in [2.05, 4.69) is 20.4 Å². The lowest BCUT2D eigenvalue weighted by Gasteiger charge is -2.34. The number of hydrogen-bond donors (Lipinski definition) is 2. The highest BCUT2D eigenvalue weighted by molar-refractivity contribution is 7.94. The van der Waals surface area contributed by atoms with Crippen LogP contribution in [0.5, 0.6) is 5.75 Å². The second-order valence-corrected chi connectivity index (χ2v) is 12.3. The third kappa shape index (κ3) is 9.58. The fourth-order valence-corrected chi connectivity index (χ4v) is 6.94. The minimum Gasteiger partial charge on any atom is -0.412 e. The van der Waals surface area contributed by atoms with Crippen LogP contribution in [0.1, 0.15) is 40.6 Å². The second kappa shape index (κ2) is 16.1. The van der Waals surface area contributed by atoms with Gasteiger partial charge in [0.25, 0.3) is 10.0 Å². The first-order chi connectivity index (χ1) is 17.5. The average molecular weight is 682 g/mol. The number of alkyl halides is 3. The summed E-state index contributed by atoms with van der Waals surface area (Å²) < 4.78 is 71.0. The smallest absolute Gasteiger partial charge is 0.412 e. The van der Waals surface area contributed by atoms with Gasteiger partial charge in [-0.05, 0) is 57.0 Å². The molecule has 1 aromatic heterocycles. The minimum atomic E-state index is -4.89. The van der Waals surface area contributed by atoms with Crippen molar-refractivity contribution in [3.05, 3.63) is 70.2 Å². The van der Waals surface area contributed by atoms with E-state index in [4.69, 9.17) is 0 Å². The van der Waals surface area contributed by atoms with Crippen LogP contribution in [-0.4, -0.2) is 44.9 Å². The van der Waals surface area contributed by atoms with E-state index in [1.54, 1.807) is 13.8 Å². The summed E-state index contributed by atoms with van der Waals surface area (Å²) in [4.78, 5) is 4.93. The highest BCUT2D eigenvalue weighted by atomic mass is 35.5. The second-order valence-electron chi connectivity index (χ2n) is 8.91. The van der Waals surface area contributed by atoms with E-state index in [1.165, 1.54) is 19.2 Å². The Morgan fingerprint density at radius 3 is 2.37 bits per heavy atom. The Hall–Kier alpha value is -1.84. The van der Waals surface area contributed by atoms with E-state index >= 15 is 0 Å². The molecule has 0 saturated carbocycles. The first-order valence-corrected chi connectivity index (χ1v) is 14.0. The van der Waals surface area contributed by atoms with Gasteiger partial charge in [-0.3, -0.25) is 4.31 Å². The molecule has 2 aromatic carbocycles. The summed E-state index contributed by atoms with van der Waals surface area (Å²) in [5.41, 5.74) is 2.10. The Labute approximate surface area is 260 Å². The van der Waals surface area contributed by atoms with Crippen molar-refractivity contribution in [1.82, 2.24) is 15.6 Å². The molecule has 8 nitrogen and oxygen atoms in total. The molecule has 2 heterocycles. The standard InChI is InChI=1S/C25H29F3N4O3S2.3ClH.H2O/c1-16-17(2)36-24(31-16)37(33,34)32(3)20-11-12-22(35-25(26,27)28)19(14-20)15-30-21-10-7-13-29-23(21)18-8-5-4-6-9-18;;;;/h4-6,8-9,11-12,14,21,23,29-30H,7,10,13,15H2,1-3H3;3*1H;1H2/t21-,23-;;;;/m0..../s1. The van der Waals surface area contributed by atoms with Crippen LogP contribution in [-0.2, 0) is 16.6 Å². The van der Waals surface area contributed by atoms with Crippen LogP contribution in [0.2, 0.25) is 0 Å². The van der Waals surface area contributed by atoms with Crippen molar-refractivity contribution in [3.8, 4) is 5.75 Å². The summed E-state index contributed by atoms with van der Waals surface area (Å²) in [6.07, 6.45) is -3.14. The van der Waals surface area contributed by atoms with Crippen molar-refractivity contribution in [2.24, 2.45) is 0 Å². The number of anilines is 1. The van der Waals surface area contributed by atoms with Crippen LogP contribution < -0.4 is 19.7 Å². The molecule has 1 aliphatic rings. The molecule has 2 atom stereocenters. The third-order valence-corrected chi connectivity index (χ3v) is 9.61. The monoisotopic (exact) mass is 680 g/mol. The van der Waals surface area contributed by atoms with Gasteiger partial charge < -0.3 is 20.8 Å². The number of halogens is 6. The first kappa shape index (κ1) is 39.2. The van der Waals surface area contributed by atoms with E-state index < -0.39 is 16.4 Å². The van der Waals surface area contributed by atoms with Crippen LogP contribution in [0, 0.1) is 13.8 Å². The summed E-state index contributed by atoms with van der Waals surface area (Å²) in [5.74, 6) is -0.379. The molecule has 0 amide bonds. The number of nitrogens with zero attached hydrogens (tertiary/aromatic N) is 2. The Bertz CT molecular complexity index is 1330. The fraction of sp³-hybridized carbons (Fsp3) is 0.400. The van der Waals surface area contributed by atoms with Gasteiger partial charge in [0.1, 0.15) is 5.75 Å². The van der Waals surface area contributed by atoms with Crippen molar-refractivity contribution >= 4 is 64.3 Å². The van der Waals surface area contributed by atoms with Crippen molar-refractivity contribution < 1.29 is 31.8 Å². The van der Waals surface area contributed by atoms with Gasteiger partial charge in [-0.2, -0.15) is 8.42 Å². The predicted octanol–water partition coefficient (Wildman–Crippen LogP) is 5.51. The summed E-state index contributed by atoms with van der Waals surface area (Å²) in [5, 5.41) is 6.85. The molecule has 0 spiro atoms. The predicted molar refractivity (Wildman–Crippen MR) is 163 cm³/mol. The molecular formula is C25H34Cl3F3N4O4S2. The van der Waals surface area contributed by atoms with Gasteiger partial charge in [-0.15, -0.1) is 61.7 Å². The maximum absolute atomic E-state index is 13.2. The van der Waals surface area contributed by atoms with Gasteiger partial charge >= 0.3 is 6.36 Å². The number of aryl methyl sites for hydroxylation is 2. The number of ether oxygens (including phenoxy) is 1. The zero-order valence-corrected chi connectivity index (χ0v) is 26.5. The number of hydrogen-bond acceptors (Lipinski definition) is 7. The number of rotatable bonds is 8. The lowest BCUT2D eigenvalue weighted by atomic mass is 9.92. The number of sulfonamides is 1. The number of piperidine rings is 1. The minimum absolute atomic E-state index is 0. The van der Waals surface area contributed by atoms with Gasteiger partial charge in [0.15, 0.2) is 0 Å². The number of benzene rings is 2. The number of aromatic nitrogens is 1. The van der Waals surface area contributed by atoms with E-state index in [0.29, 0.717) is 5.69 Å². The molecule has 0 aliphatic carbocycles. The summed E-state index contributed by atoms with van der Waals surface area (Å²) in [6.45, 7) is 4.40. The van der Waals surface area contributed by atoms with E-state index in [0.717, 1.165) is 51.5 Å². The van der Waals surface area contributed by atoms with Crippen LogP contribution in [0.4, 0.5) is 18.9 Å². The van der Waals surface area contributed by atoms with Gasteiger partial charge in [0.2, 0.25) is 4.34 Å². The molecule has 0 radical (unpaired) electrons. The maximum Gasteiger partial charge on any atom is 0.573 e. The fourth-order valence-electron chi connectivity index (χ4n) is 4.29. The highest BCUT2D eigenvalue weighted by Crippen LogP contribution is 2.33. The number of nitrogens with one attached hydrogen (secondary N) is 2. The van der Waals surface area contributed by atoms with Crippen molar-refractivity contribution in [2.45, 2.75) is 56.0 Å². The molecular weight excluding hydrogens is 648 g/mol. The van der Waals surface area contributed by atoms with Crippen molar-refractivity contribution in [3.63, 3.8) is 0 Å². The molecule has 4 N–H and O–H groups in total. The SMILES string of the molecule is Cc1nc(S(=O)(=O)N(C)c2ccc(OC(F)(F)F)c(CN[C@H]3CCCN[C@H]3c3ccccc3)c2)sc1C.Cl.Cl.Cl.O. The Kier molecular flexibility index (Phi) is 15.4. The van der Waals surface area contributed by atoms with Crippen LogP contribution >= 0.6 is 48.6 Å². The summed E-state index contributed by atoms with van der Waals surface area (Å²) >= 11 is 1.05. The molecule has 0 bridgehead atoms. The Morgan fingerprint density at radius 2 is 1.78 bits per heavy atom. The zero-order chi connectivity index (χ0) is 26.8. The van der Waals surface area contributed by atoms with E-state index in [-0.39, 0.29) is 82.7 Å². The molecule has 1 aliphatic heterocycles. The highest BCUT2D eigenvalue weighted by Gasteiger charge is 2.33. The van der Waals surface area contributed by atoms with Crippen molar-refractivity contribution in [1.29, 1.82) is 0 Å². The van der Waals surface area contributed by atoms with Crippen molar-refractivity contribution in [2.75, 3.05) is 17.9 Å². The van der Waals surface area contributed by atoms with Crippen LogP contribution in [0.15, 0.2) is 52.9 Å². The molecule has 232 valence electrons. The largest absolute Gasteiger partial charge is 0.573 e. The molecule has 4 rings (SSSR count). The van der Waals surface area contributed by atoms with Crippen LogP contribution in [0.3, 0.4) is 0 Å². The average Bonchev–Trinajstić information content (AvgIpc) is 3.21. The van der Waals surface area contributed by atoms with E-state index in [1.807, 2.05) is 30.3 Å². The van der Waals surface area contributed by atoms with Gasteiger partial charge in [0.05, 0.1) is 11.4 Å². The molecule has 41 heavy (non-hydrogen) atoms. The Morgan fingerprint density at radius 1 is 1.12 bits per heavy atom. The van der Waals surface area contributed by atoms with Crippen LogP contribution in [0.25, 0.3) is 0 Å². The summed E-state index contributed by atoms with van der Waals surface area (Å²) in [6, 6.07) is 13.7. The lowest BCUT2D eigenvalue weighted by molar-refractivity contribution is -0.274. The topological polar surface area (TPSA) is 115 Å². The van der Waals surface area contributed by atoms with Gasteiger partial charge in [-0.25, -0.2) is 4.98 Å². The maximum atomic E-state index is 13.2. The van der Waals surface area contributed by atoms with Gasteiger partial charge in [0, 0.05) is 36.1 Å². The lowest BCUT2D eigenvalue weighted by Crippen LogP contribution is -2.45. The van der Waals surface area contributed by atoms with Gasteiger partial charge in [-0.1, -0.05) is 30.3 Å². The normalized spacial score (nSPS) is 16.7. The quantitative estimate of drug-likeness (QED) is 0.324. The molecule has 3 aromatic rings. The third-order valence-electron chi connectivity index (χ3n) is 6.40. The number of thiazole rings is 1. The molecule has 0 unspecified atom stereocenters. The summed E-state index contributed by atoms with van der Waals surface area (Å²) in [7, 11) is -2.64. The Balaban J connectivity index is 0.00000400. The molecule has 1 fully saturated rings. The van der Waals surface area contributed by atoms with E-state index in [9.17, 15) is 21.6 Å².